The van der Waals surface area contributed by atoms with E-state index in [0.717, 1.165) is 22.2 Å². The van der Waals surface area contributed by atoms with Crippen LogP contribution in [0.1, 0.15) is 16.8 Å². The number of esters is 1. The van der Waals surface area contributed by atoms with E-state index in [0.29, 0.717) is 5.15 Å². The first-order valence-corrected chi connectivity index (χ1v) is 8.31. The SMILES string of the molecule is Cc1nn(C)c(Cl)c1/C=C/C(=O)OCc1csc2ccccc12. The number of nitrogens with zero attached hydrogens (tertiary/aromatic N) is 2. The third-order valence-electron chi connectivity index (χ3n) is 3.51. The largest absolute Gasteiger partial charge is 0.458 e. The standard InChI is InChI=1S/C17H15ClN2O2S/c1-11-13(17(18)20(2)19-11)7-8-16(21)22-9-12-10-23-15-6-4-3-5-14(12)15/h3-8,10H,9H2,1-2H3/b8-7+. The number of fused-ring (bicyclic) bond motifs is 1. The minimum absolute atomic E-state index is 0.257. The Morgan fingerprint density at radius 1 is 1.43 bits per heavy atom. The van der Waals surface area contributed by atoms with Crippen LogP contribution in [0.4, 0.5) is 0 Å². The van der Waals surface area contributed by atoms with Gasteiger partial charge in [0, 0.05) is 29.0 Å². The van der Waals surface area contributed by atoms with Gasteiger partial charge >= 0.3 is 5.97 Å². The van der Waals surface area contributed by atoms with E-state index in [2.05, 4.69) is 11.2 Å². The number of ether oxygens (including phenoxy) is 1. The molecule has 3 rings (SSSR count). The van der Waals surface area contributed by atoms with Gasteiger partial charge in [-0.15, -0.1) is 11.3 Å². The number of rotatable bonds is 4. The Morgan fingerprint density at radius 2 is 2.22 bits per heavy atom. The van der Waals surface area contributed by atoms with Crippen molar-refractivity contribution in [3.05, 3.63) is 57.7 Å². The molecule has 118 valence electrons. The highest BCUT2D eigenvalue weighted by Gasteiger charge is 2.09. The molecule has 0 aliphatic carbocycles. The summed E-state index contributed by atoms with van der Waals surface area (Å²) in [5.41, 5.74) is 2.51. The van der Waals surface area contributed by atoms with E-state index in [1.54, 1.807) is 29.1 Å². The van der Waals surface area contributed by atoms with Crippen LogP contribution >= 0.6 is 22.9 Å². The molecular formula is C17H15ClN2O2S. The topological polar surface area (TPSA) is 44.1 Å². The minimum atomic E-state index is -0.403. The van der Waals surface area contributed by atoms with Crippen molar-refractivity contribution in [3.8, 4) is 0 Å². The Morgan fingerprint density at radius 3 is 2.96 bits per heavy atom. The van der Waals surface area contributed by atoms with E-state index in [1.807, 2.05) is 30.5 Å². The quantitative estimate of drug-likeness (QED) is 0.521. The summed E-state index contributed by atoms with van der Waals surface area (Å²) in [5, 5.41) is 7.83. The average Bonchev–Trinajstić information content (AvgIpc) is 3.05. The van der Waals surface area contributed by atoms with Gasteiger partial charge in [-0.2, -0.15) is 5.10 Å². The molecule has 0 aliphatic rings. The molecular weight excluding hydrogens is 332 g/mol. The zero-order chi connectivity index (χ0) is 16.4. The summed E-state index contributed by atoms with van der Waals surface area (Å²) in [4.78, 5) is 11.9. The number of aromatic nitrogens is 2. The molecule has 4 nitrogen and oxygen atoms in total. The van der Waals surface area contributed by atoms with Crippen LogP contribution in [0.25, 0.3) is 16.2 Å². The fourth-order valence-electron chi connectivity index (χ4n) is 2.33. The van der Waals surface area contributed by atoms with Crippen LogP contribution in [0.3, 0.4) is 0 Å². The number of carbonyl (C=O) groups excluding carboxylic acids is 1. The van der Waals surface area contributed by atoms with Crippen molar-refractivity contribution in [1.82, 2.24) is 9.78 Å². The molecule has 0 unspecified atom stereocenters. The van der Waals surface area contributed by atoms with Crippen molar-refractivity contribution in [1.29, 1.82) is 0 Å². The Kier molecular flexibility index (Phi) is 4.50. The zero-order valence-electron chi connectivity index (χ0n) is 12.7. The monoisotopic (exact) mass is 346 g/mol. The molecule has 23 heavy (non-hydrogen) atoms. The first-order valence-electron chi connectivity index (χ1n) is 7.05. The lowest BCUT2D eigenvalue weighted by molar-refractivity contribution is -0.138. The first kappa shape index (κ1) is 15.8. The molecule has 3 aromatic rings. The maximum Gasteiger partial charge on any atom is 0.331 e. The summed E-state index contributed by atoms with van der Waals surface area (Å²) in [6.07, 6.45) is 3.02. The Hall–Kier alpha value is -2.11. The van der Waals surface area contributed by atoms with Gasteiger partial charge in [0.1, 0.15) is 11.8 Å². The third kappa shape index (κ3) is 3.30. The summed E-state index contributed by atoms with van der Waals surface area (Å²) >= 11 is 7.76. The van der Waals surface area contributed by atoms with Crippen molar-refractivity contribution in [3.63, 3.8) is 0 Å². The summed E-state index contributed by atoms with van der Waals surface area (Å²) in [6.45, 7) is 2.10. The molecule has 2 heterocycles. The molecule has 0 aliphatic heterocycles. The number of hydrogen-bond acceptors (Lipinski definition) is 4. The second kappa shape index (κ2) is 6.56. The van der Waals surface area contributed by atoms with E-state index in [1.165, 1.54) is 10.8 Å². The molecule has 0 N–H and O–H groups in total. The van der Waals surface area contributed by atoms with Gasteiger partial charge in [-0.25, -0.2) is 4.79 Å². The second-order valence-corrected chi connectivity index (χ2v) is 6.38. The second-order valence-electron chi connectivity index (χ2n) is 5.11. The third-order valence-corrected chi connectivity index (χ3v) is 4.97. The van der Waals surface area contributed by atoms with Crippen LogP contribution in [0.2, 0.25) is 5.15 Å². The van der Waals surface area contributed by atoms with E-state index in [9.17, 15) is 4.79 Å². The lowest BCUT2D eigenvalue weighted by atomic mass is 10.2. The molecule has 0 atom stereocenters. The van der Waals surface area contributed by atoms with Crippen molar-refractivity contribution in [2.24, 2.45) is 7.05 Å². The van der Waals surface area contributed by atoms with Crippen molar-refractivity contribution in [2.75, 3.05) is 0 Å². The lowest BCUT2D eigenvalue weighted by Gasteiger charge is -2.01. The summed E-state index contributed by atoms with van der Waals surface area (Å²) < 4.78 is 8.07. The van der Waals surface area contributed by atoms with Crippen molar-refractivity contribution < 1.29 is 9.53 Å². The van der Waals surface area contributed by atoms with Gasteiger partial charge in [0.15, 0.2) is 0 Å². The molecule has 2 aromatic heterocycles. The van der Waals surface area contributed by atoms with E-state index < -0.39 is 5.97 Å². The number of carbonyl (C=O) groups is 1. The highest BCUT2D eigenvalue weighted by molar-refractivity contribution is 7.17. The normalized spacial score (nSPS) is 11.4. The Balaban J connectivity index is 1.67. The molecule has 0 spiro atoms. The van der Waals surface area contributed by atoms with Crippen LogP contribution in [0.15, 0.2) is 35.7 Å². The fraction of sp³-hybridized carbons (Fsp3) is 0.176. The zero-order valence-corrected chi connectivity index (χ0v) is 14.3. The smallest absolute Gasteiger partial charge is 0.331 e. The fourth-order valence-corrected chi connectivity index (χ4v) is 3.51. The maximum absolute atomic E-state index is 11.9. The van der Waals surface area contributed by atoms with Gasteiger partial charge < -0.3 is 4.74 Å². The molecule has 6 heteroatoms. The van der Waals surface area contributed by atoms with Crippen molar-refractivity contribution >= 4 is 45.1 Å². The Labute approximate surface area is 142 Å². The van der Waals surface area contributed by atoms with Gasteiger partial charge in [0.2, 0.25) is 0 Å². The van der Waals surface area contributed by atoms with Crippen LogP contribution in [-0.2, 0) is 23.2 Å². The van der Waals surface area contributed by atoms with Crippen LogP contribution in [0.5, 0.6) is 0 Å². The van der Waals surface area contributed by atoms with Gasteiger partial charge in [-0.1, -0.05) is 29.8 Å². The summed E-state index contributed by atoms with van der Waals surface area (Å²) in [5.74, 6) is -0.403. The summed E-state index contributed by atoms with van der Waals surface area (Å²) in [7, 11) is 1.76. The van der Waals surface area contributed by atoms with E-state index in [4.69, 9.17) is 16.3 Å². The van der Waals surface area contributed by atoms with Gasteiger partial charge in [0.25, 0.3) is 0 Å². The van der Waals surface area contributed by atoms with Crippen molar-refractivity contribution in [2.45, 2.75) is 13.5 Å². The molecule has 0 saturated carbocycles. The van der Waals surface area contributed by atoms with Gasteiger partial charge in [-0.3, -0.25) is 4.68 Å². The number of aryl methyl sites for hydroxylation is 2. The van der Waals surface area contributed by atoms with Crippen LogP contribution in [0, 0.1) is 6.92 Å². The molecule has 0 bridgehead atoms. The molecule has 1 aromatic carbocycles. The highest BCUT2D eigenvalue weighted by Crippen LogP contribution is 2.26. The molecule has 0 fully saturated rings. The van der Waals surface area contributed by atoms with Gasteiger partial charge in [-0.05, 0) is 29.8 Å². The van der Waals surface area contributed by atoms with Crippen LogP contribution < -0.4 is 0 Å². The van der Waals surface area contributed by atoms with E-state index >= 15 is 0 Å². The predicted octanol–water partition coefficient (Wildman–Crippen LogP) is 4.35. The minimum Gasteiger partial charge on any atom is -0.458 e. The number of thiophene rings is 1. The molecule has 0 amide bonds. The van der Waals surface area contributed by atoms with Crippen LogP contribution in [-0.4, -0.2) is 15.7 Å². The van der Waals surface area contributed by atoms with E-state index in [-0.39, 0.29) is 6.61 Å². The number of hydrogen-bond donors (Lipinski definition) is 0. The lowest BCUT2D eigenvalue weighted by Crippen LogP contribution is -2.00. The summed E-state index contributed by atoms with van der Waals surface area (Å²) in [6, 6.07) is 8.06. The highest BCUT2D eigenvalue weighted by atomic mass is 35.5. The number of halogens is 1. The average molecular weight is 347 g/mol. The Bertz CT molecular complexity index is 895. The van der Waals surface area contributed by atoms with Gasteiger partial charge in [0.05, 0.1) is 5.69 Å². The molecule has 0 radical (unpaired) electrons. The first-order chi connectivity index (χ1) is 11.1. The molecule has 0 saturated heterocycles. The number of benzene rings is 1. The maximum atomic E-state index is 11.9. The predicted molar refractivity (Wildman–Crippen MR) is 93.6 cm³/mol.